The maximum absolute atomic E-state index is 12.0. The van der Waals surface area contributed by atoms with Crippen LogP contribution in [-0.4, -0.2) is 44.8 Å². The molecular weight excluding hydrogens is 392 g/mol. The van der Waals surface area contributed by atoms with Crippen LogP contribution in [0.25, 0.3) is 0 Å². The molecule has 3 aromatic heterocycles. The van der Waals surface area contributed by atoms with Gasteiger partial charge in [-0.2, -0.15) is 10.1 Å². The van der Waals surface area contributed by atoms with Gasteiger partial charge in [-0.15, -0.1) is 11.3 Å². The molecule has 2 amide bonds. The highest BCUT2D eigenvalue weighted by Gasteiger charge is 2.17. The third kappa shape index (κ3) is 4.52. The second-order valence-corrected chi connectivity index (χ2v) is 6.97. The highest BCUT2D eigenvalue weighted by atomic mass is 35.5. The standard InChI is InChI=1S/C16H17ClN6O3S/c1-9-13(17)10(2)23(21-9)8-12-20-16(26-22-12)15(25)19-6-5-18-14(24)11-4-3-7-27-11/h3-4,7H,5-6,8H2,1-2H3,(H,18,24)(H,19,25). The molecule has 0 aliphatic carbocycles. The van der Waals surface area contributed by atoms with Crippen molar-refractivity contribution in [2.75, 3.05) is 13.1 Å². The summed E-state index contributed by atoms with van der Waals surface area (Å²) in [6.45, 7) is 4.40. The summed E-state index contributed by atoms with van der Waals surface area (Å²) in [7, 11) is 0. The summed E-state index contributed by atoms with van der Waals surface area (Å²) in [5.41, 5.74) is 1.49. The minimum absolute atomic E-state index is 0.151. The number of amides is 2. The predicted molar refractivity (Wildman–Crippen MR) is 99.1 cm³/mol. The van der Waals surface area contributed by atoms with Crippen molar-refractivity contribution >= 4 is 34.8 Å². The van der Waals surface area contributed by atoms with Crippen LogP contribution in [0.1, 0.15) is 37.6 Å². The molecule has 142 valence electrons. The van der Waals surface area contributed by atoms with E-state index in [1.807, 2.05) is 12.3 Å². The lowest BCUT2D eigenvalue weighted by molar-refractivity contribution is 0.0899. The van der Waals surface area contributed by atoms with E-state index < -0.39 is 5.91 Å². The summed E-state index contributed by atoms with van der Waals surface area (Å²) in [5, 5.41) is 15.8. The van der Waals surface area contributed by atoms with Crippen molar-refractivity contribution in [3.63, 3.8) is 0 Å². The summed E-state index contributed by atoms with van der Waals surface area (Å²) in [6, 6.07) is 3.53. The van der Waals surface area contributed by atoms with Crippen LogP contribution in [0.2, 0.25) is 5.02 Å². The molecule has 11 heteroatoms. The Morgan fingerprint density at radius 3 is 2.63 bits per heavy atom. The zero-order valence-corrected chi connectivity index (χ0v) is 16.2. The van der Waals surface area contributed by atoms with Gasteiger partial charge in [0.25, 0.3) is 5.91 Å². The van der Waals surface area contributed by atoms with Crippen molar-refractivity contribution in [3.8, 4) is 0 Å². The van der Waals surface area contributed by atoms with Crippen LogP contribution in [0.4, 0.5) is 0 Å². The summed E-state index contributed by atoms with van der Waals surface area (Å²) >= 11 is 7.46. The number of hydrogen-bond acceptors (Lipinski definition) is 7. The molecule has 2 N–H and O–H groups in total. The highest BCUT2D eigenvalue weighted by Crippen LogP contribution is 2.19. The summed E-state index contributed by atoms with van der Waals surface area (Å²) < 4.78 is 6.62. The largest absolute Gasteiger partial charge is 0.350 e. The molecule has 9 nitrogen and oxygen atoms in total. The summed E-state index contributed by atoms with van der Waals surface area (Å²) in [6.07, 6.45) is 0. The Morgan fingerprint density at radius 2 is 2.00 bits per heavy atom. The van der Waals surface area contributed by atoms with Gasteiger partial charge in [-0.1, -0.05) is 22.8 Å². The molecule has 0 radical (unpaired) electrons. The van der Waals surface area contributed by atoms with Crippen molar-refractivity contribution in [1.29, 1.82) is 0 Å². The Hall–Kier alpha value is -2.72. The SMILES string of the molecule is Cc1nn(Cc2noc(C(=O)NCCNC(=O)c3cccs3)n2)c(C)c1Cl. The number of nitrogens with zero attached hydrogens (tertiary/aromatic N) is 4. The van der Waals surface area contributed by atoms with Crippen LogP contribution in [0.3, 0.4) is 0 Å². The molecular formula is C16H17ClN6O3S. The molecule has 27 heavy (non-hydrogen) atoms. The Labute approximate surface area is 163 Å². The molecule has 0 aliphatic rings. The molecule has 0 spiro atoms. The van der Waals surface area contributed by atoms with Crippen molar-refractivity contribution in [3.05, 3.63) is 50.5 Å². The molecule has 0 unspecified atom stereocenters. The van der Waals surface area contributed by atoms with Gasteiger partial charge in [0.15, 0.2) is 5.82 Å². The maximum atomic E-state index is 12.0. The van der Waals surface area contributed by atoms with Crippen LogP contribution in [0.5, 0.6) is 0 Å². The van der Waals surface area contributed by atoms with E-state index in [1.165, 1.54) is 11.3 Å². The normalized spacial score (nSPS) is 10.8. The first-order chi connectivity index (χ1) is 13.0. The van der Waals surface area contributed by atoms with Crippen LogP contribution < -0.4 is 10.6 Å². The lowest BCUT2D eigenvalue weighted by Gasteiger charge is -2.04. The predicted octanol–water partition coefficient (Wildman–Crippen LogP) is 1.81. The second-order valence-electron chi connectivity index (χ2n) is 5.65. The number of nitrogens with one attached hydrogen (secondary N) is 2. The Bertz CT molecular complexity index is 950. The number of carbonyl (C=O) groups excluding carboxylic acids is 2. The molecule has 3 rings (SSSR count). The van der Waals surface area contributed by atoms with E-state index in [9.17, 15) is 9.59 Å². The monoisotopic (exact) mass is 408 g/mol. The molecule has 0 aromatic carbocycles. The molecule has 3 heterocycles. The minimum atomic E-state index is -0.509. The maximum Gasteiger partial charge on any atom is 0.316 e. The van der Waals surface area contributed by atoms with E-state index in [-0.39, 0.29) is 31.4 Å². The number of rotatable bonds is 7. The fourth-order valence-corrected chi connectivity index (χ4v) is 3.07. The second kappa shape index (κ2) is 8.31. The molecule has 0 saturated heterocycles. The van der Waals surface area contributed by atoms with Gasteiger partial charge in [0.2, 0.25) is 0 Å². The lowest BCUT2D eigenvalue weighted by atomic mass is 10.4. The van der Waals surface area contributed by atoms with Gasteiger partial charge < -0.3 is 15.2 Å². The summed E-state index contributed by atoms with van der Waals surface area (Å²) in [5.74, 6) is -0.524. The van der Waals surface area contributed by atoms with Gasteiger partial charge >= 0.3 is 11.8 Å². The highest BCUT2D eigenvalue weighted by molar-refractivity contribution is 7.12. The molecule has 0 atom stereocenters. The number of hydrogen-bond donors (Lipinski definition) is 2. The van der Waals surface area contributed by atoms with E-state index in [0.717, 1.165) is 5.69 Å². The smallest absolute Gasteiger partial charge is 0.316 e. The summed E-state index contributed by atoms with van der Waals surface area (Å²) in [4.78, 5) is 28.5. The van der Waals surface area contributed by atoms with E-state index in [1.54, 1.807) is 23.7 Å². The molecule has 0 aliphatic heterocycles. The molecule has 3 aromatic rings. The van der Waals surface area contributed by atoms with Gasteiger partial charge in [-0.3, -0.25) is 14.3 Å². The zero-order chi connectivity index (χ0) is 19.4. The zero-order valence-electron chi connectivity index (χ0n) is 14.7. The van der Waals surface area contributed by atoms with Gasteiger partial charge in [-0.05, 0) is 25.3 Å². The van der Waals surface area contributed by atoms with Gasteiger partial charge in [-0.25, -0.2) is 0 Å². The average Bonchev–Trinajstić information content (AvgIpc) is 3.38. The van der Waals surface area contributed by atoms with Crippen molar-refractivity contribution < 1.29 is 14.1 Å². The Morgan fingerprint density at radius 1 is 1.26 bits per heavy atom. The van der Waals surface area contributed by atoms with Crippen LogP contribution in [0.15, 0.2) is 22.0 Å². The van der Waals surface area contributed by atoms with Crippen molar-refractivity contribution in [1.82, 2.24) is 30.6 Å². The number of aryl methyl sites for hydroxylation is 1. The number of carbonyl (C=O) groups is 2. The first-order valence-electron chi connectivity index (χ1n) is 8.07. The van der Waals surface area contributed by atoms with Crippen molar-refractivity contribution in [2.45, 2.75) is 20.4 Å². The van der Waals surface area contributed by atoms with Gasteiger partial charge in [0, 0.05) is 13.1 Å². The number of thiophene rings is 1. The third-order valence-corrected chi connectivity index (χ3v) is 5.10. The Kier molecular flexibility index (Phi) is 5.87. The molecule has 0 bridgehead atoms. The number of halogens is 1. The van der Waals surface area contributed by atoms with Crippen LogP contribution in [-0.2, 0) is 6.54 Å². The topological polar surface area (TPSA) is 115 Å². The van der Waals surface area contributed by atoms with Gasteiger partial charge in [0.05, 0.1) is 21.3 Å². The van der Waals surface area contributed by atoms with E-state index in [0.29, 0.717) is 21.4 Å². The fourth-order valence-electron chi connectivity index (χ4n) is 2.30. The quantitative estimate of drug-likeness (QED) is 0.576. The van der Waals surface area contributed by atoms with Crippen LogP contribution in [0, 0.1) is 13.8 Å². The lowest BCUT2D eigenvalue weighted by Crippen LogP contribution is -2.34. The minimum Gasteiger partial charge on any atom is -0.350 e. The molecule has 0 saturated carbocycles. The Balaban J connectivity index is 1.48. The third-order valence-electron chi connectivity index (χ3n) is 3.69. The van der Waals surface area contributed by atoms with Gasteiger partial charge in [0.1, 0.15) is 6.54 Å². The van der Waals surface area contributed by atoms with E-state index in [2.05, 4.69) is 25.9 Å². The fraction of sp³-hybridized carbons (Fsp3) is 0.312. The molecule has 0 fully saturated rings. The van der Waals surface area contributed by atoms with Crippen LogP contribution >= 0.6 is 22.9 Å². The van der Waals surface area contributed by atoms with E-state index >= 15 is 0 Å². The van der Waals surface area contributed by atoms with Crippen molar-refractivity contribution in [2.24, 2.45) is 0 Å². The first-order valence-corrected chi connectivity index (χ1v) is 9.33. The first kappa shape index (κ1) is 19.1. The van der Waals surface area contributed by atoms with E-state index in [4.69, 9.17) is 16.1 Å². The average molecular weight is 409 g/mol. The number of aromatic nitrogens is 4.